The molecule has 1 unspecified atom stereocenters. The number of hydrogen-bond acceptors (Lipinski definition) is 5. The maximum absolute atomic E-state index is 12.2. The van der Waals surface area contributed by atoms with Crippen molar-refractivity contribution in [1.82, 2.24) is 0 Å². The second kappa shape index (κ2) is 8.04. The number of esters is 2. The SMILES string of the molecule is O=C(CC(O)C(=O)OC1CCCCC1)OC(C(F)(F)F)C(F)(F)F. The van der Waals surface area contributed by atoms with Crippen molar-refractivity contribution in [1.29, 1.82) is 0 Å². The highest BCUT2D eigenvalue weighted by molar-refractivity contribution is 5.81. The molecule has 140 valence electrons. The Bertz CT molecular complexity index is 427. The maximum atomic E-state index is 12.2. The average Bonchev–Trinajstić information content (AvgIpc) is 2.43. The molecule has 1 aliphatic rings. The predicted molar refractivity (Wildman–Crippen MR) is 65.6 cm³/mol. The number of aliphatic hydroxyl groups excluding tert-OH is 1. The lowest BCUT2D eigenvalue weighted by Gasteiger charge is -2.24. The van der Waals surface area contributed by atoms with E-state index < -0.39 is 49.0 Å². The summed E-state index contributed by atoms with van der Waals surface area (Å²) in [7, 11) is 0. The quantitative estimate of drug-likeness (QED) is 0.598. The summed E-state index contributed by atoms with van der Waals surface area (Å²) in [5.74, 6) is -3.29. The van der Waals surface area contributed by atoms with E-state index in [1.165, 1.54) is 0 Å². The van der Waals surface area contributed by atoms with Crippen LogP contribution >= 0.6 is 0 Å². The van der Waals surface area contributed by atoms with E-state index in [0.29, 0.717) is 12.8 Å². The molecule has 0 radical (unpaired) electrons. The lowest BCUT2D eigenvalue weighted by atomic mass is 9.98. The molecule has 0 bridgehead atoms. The molecule has 1 fully saturated rings. The Kier molecular flexibility index (Phi) is 6.87. The third-order valence-corrected chi connectivity index (χ3v) is 3.31. The molecule has 0 amide bonds. The van der Waals surface area contributed by atoms with E-state index in [2.05, 4.69) is 4.74 Å². The molecule has 0 spiro atoms. The van der Waals surface area contributed by atoms with Gasteiger partial charge in [-0.2, -0.15) is 26.3 Å². The van der Waals surface area contributed by atoms with Crippen molar-refractivity contribution in [3.8, 4) is 0 Å². The summed E-state index contributed by atoms with van der Waals surface area (Å²) in [4.78, 5) is 22.7. The van der Waals surface area contributed by atoms with Gasteiger partial charge in [0.25, 0.3) is 6.10 Å². The van der Waals surface area contributed by atoms with E-state index in [1.54, 1.807) is 0 Å². The van der Waals surface area contributed by atoms with Crippen molar-refractivity contribution < 1.29 is 50.5 Å². The van der Waals surface area contributed by atoms with Crippen LogP contribution in [0.2, 0.25) is 0 Å². The molecule has 0 aliphatic heterocycles. The molecule has 0 saturated heterocycles. The van der Waals surface area contributed by atoms with Crippen molar-refractivity contribution >= 4 is 11.9 Å². The van der Waals surface area contributed by atoms with Gasteiger partial charge in [0.1, 0.15) is 6.10 Å². The first-order valence-electron chi connectivity index (χ1n) is 7.12. The first-order valence-corrected chi connectivity index (χ1v) is 7.12. The highest BCUT2D eigenvalue weighted by atomic mass is 19.4. The number of carbonyl (C=O) groups is 2. The smallest absolute Gasteiger partial charge is 0.434 e. The Labute approximate surface area is 132 Å². The van der Waals surface area contributed by atoms with Crippen LogP contribution < -0.4 is 0 Å². The van der Waals surface area contributed by atoms with Gasteiger partial charge in [-0.05, 0) is 25.7 Å². The van der Waals surface area contributed by atoms with E-state index in [0.717, 1.165) is 19.3 Å². The molecule has 0 heterocycles. The van der Waals surface area contributed by atoms with Gasteiger partial charge in [-0.25, -0.2) is 4.79 Å². The summed E-state index contributed by atoms with van der Waals surface area (Å²) >= 11 is 0. The highest BCUT2D eigenvalue weighted by Crippen LogP contribution is 2.36. The van der Waals surface area contributed by atoms with Crippen molar-refractivity contribution in [2.45, 2.75) is 69.2 Å². The van der Waals surface area contributed by atoms with E-state index in [-0.39, 0.29) is 0 Å². The molecular formula is C13H16F6O5. The van der Waals surface area contributed by atoms with Crippen LogP contribution in [-0.2, 0) is 19.1 Å². The monoisotopic (exact) mass is 366 g/mol. The average molecular weight is 366 g/mol. The summed E-state index contributed by atoms with van der Waals surface area (Å²) in [5, 5.41) is 9.40. The Hall–Kier alpha value is -1.52. The fourth-order valence-corrected chi connectivity index (χ4v) is 2.17. The topological polar surface area (TPSA) is 72.8 Å². The second-order valence-corrected chi connectivity index (χ2v) is 5.37. The minimum absolute atomic E-state index is 0.491. The van der Waals surface area contributed by atoms with Crippen molar-refractivity contribution in [3.05, 3.63) is 0 Å². The minimum atomic E-state index is -5.86. The predicted octanol–water partition coefficient (Wildman–Crippen LogP) is 2.65. The number of hydrogen-bond donors (Lipinski definition) is 1. The van der Waals surface area contributed by atoms with Crippen LogP contribution in [0.4, 0.5) is 26.3 Å². The zero-order chi connectivity index (χ0) is 18.5. The number of carbonyl (C=O) groups excluding carboxylic acids is 2. The first kappa shape index (κ1) is 20.5. The summed E-state index contributed by atoms with van der Waals surface area (Å²) in [6, 6.07) is 0. The first-order chi connectivity index (χ1) is 10.9. The van der Waals surface area contributed by atoms with Gasteiger partial charge in [0.15, 0.2) is 6.10 Å². The lowest BCUT2D eigenvalue weighted by molar-refractivity contribution is -0.313. The standard InChI is InChI=1S/C13H16F6O5/c14-12(15,16)11(13(17,18)19)24-9(21)6-8(20)10(22)23-7-4-2-1-3-5-7/h7-8,11,20H,1-6H2. The maximum Gasteiger partial charge on any atom is 0.434 e. The van der Waals surface area contributed by atoms with Gasteiger partial charge in [-0.3, -0.25) is 4.79 Å². The minimum Gasteiger partial charge on any atom is -0.460 e. The van der Waals surface area contributed by atoms with Crippen molar-refractivity contribution in [3.63, 3.8) is 0 Å². The number of halogens is 6. The second-order valence-electron chi connectivity index (χ2n) is 5.37. The molecule has 1 aliphatic carbocycles. The molecule has 24 heavy (non-hydrogen) atoms. The third-order valence-electron chi connectivity index (χ3n) is 3.31. The molecule has 1 N–H and O–H groups in total. The van der Waals surface area contributed by atoms with Crippen LogP contribution in [0.3, 0.4) is 0 Å². The fraction of sp³-hybridized carbons (Fsp3) is 0.846. The van der Waals surface area contributed by atoms with Crippen LogP contribution in [0, 0.1) is 0 Å². The van der Waals surface area contributed by atoms with Gasteiger partial charge in [0.05, 0.1) is 6.42 Å². The van der Waals surface area contributed by atoms with E-state index >= 15 is 0 Å². The van der Waals surface area contributed by atoms with E-state index in [4.69, 9.17) is 4.74 Å². The molecule has 1 saturated carbocycles. The van der Waals surface area contributed by atoms with Gasteiger partial charge in [0.2, 0.25) is 0 Å². The summed E-state index contributed by atoms with van der Waals surface area (Å²) in [6.45, 7) is 0. The highest BCUT2D eigenvalue weighted by Gasteiger charge is 2.59. The molecule has 0 aromatic heterocycles. The van der Waals surface area contributed by atoms with Crippen molar-refractivity contribution in [2.24, 2.45) is 0 Å². The number of aliphatic hydroxyl groups is 1. The van der Waals surface area contributed by atoms with Crippen LogP contribution in [0.15, 0.2) is 0 Å². The summed E-state index contributed by atoms with van der Waals surface area (Å²) in [5.41, 5.74) is 0. The fourth-order valence-electron chi connectivity index (χ4n) is 2.17. The van der Waals surface area contributed by atoms with Gasteiger partial charge in [-0.1, -0.05) is 6.42 Å². The molecular weight excluding hydrogens is 350 g/mol. The Balaban J connectivity index is 2.54. The molecule has 1 rings (SSSR count). The molecule has 11 heteroatoms. The van der Waals surface area contributed by atoms with Crippen molar-refractivity contribution in [2.75, 3.05) is 0 Å². The van der Waals surface area contributed by atoms with Crippen LogP contribution in [0.5, 0.6) is 0 Å². The van der Waals surface area contributed by atoms with Crippen LogP contribution in [0.1, 0.15) is 38.5 Å². The van der Waals surface area contributed by atoms with Crippen LogP contribution in [-0.4, -0.2) is 47.7 Å². The largest absolute Gasteiger partial charge is 0.460 e. The molecule has 0 aromatic rings. The number of rotatable bonds is 5. The zero-order valence-corrected chi connectivity index (χ0v) is 12.3. The van der Waals surface area contributed by atoms with E-state index in [1.807, 2.05) is 0 Å². The van der Waals surface area contributed by atoms with Gasteiger partial charge in [-0.15, -0.1) is 0 Å². The van der Waals surface area contributed by atoms with E-state index in [9.17, 15) is 41.0 Å². The third kappa shape index (κ3) is 6.54. The molecule has 5 nitrogen and oxygen atoms in total. The Morgan fingerprint density at radius 2 is 1.50 bits per heavy atom. The molecule has 0 aromatic carbocycles. The Morgan fingerprint density at radius 1 is 1.00 bits per heavy atom. The van der Waals surface area contributed by atoms with Gasteiger partial charge < -0.3 is 14.6 Å². The van der Waals surface area contributed by atoms with Crippen LogP contribution in [0.25, 0.3) is 0 Å². The summed E-state index contributed by atoms with van der Waals surface area (Å²) in [6.07, 6.45) is -16.5. The zero-order valence-electron chi connectivity index (χ0n) is 12.3. The lowest BCUT2D eigenvalue weighted by Crippen LogP contribution is -2.46. The number of alkyl halides is 6. The number of ether oxygens (including phenoxy) is 2. The normalized spacial score (nSPS) is 18.3. The van der Waals surface area contributed by atoms with Gasteiger partial charge >= 0.3 is 24.3 Å². The molecule has 1 atom stereocenters. The summed E-state index contributed by atoms with van der Waals surface area (Å²) < 4.78 is 81.6. The Morgan fingerprint density at radius 3 is 1.96 bits per heavy atom. The van der Waals surface area contributed by atoms with Gasteiger partial charge in [0, 0.05) is 0 Å².